The quantitative estimate of drug-likeness (QED) is 0.627. The fraction of sp³-hybridized carbons (Fsp3) is 0.750. The van der Waals surface area contributed by atoms with Crippen LogP contribution in [0, 0.1) is 11.3 Å². The number of rotatable bonds is 6. The van der Waals surface area contributed by atoms with Crippen LogP contribution in [0.5, 0.6) is 0 Å². The van der Waals surface area contributed by atoms with E-state index in [2.05, 4.69) is 13.0 Å². The van der Waals surface area contributed by atoms with Crippen LogP contribution in [0.4, 0.5) is 0 Å². The molecule has 0 amide bonds. The lowest BCUT2D eigenvalue weighted by atomic mass is 9.68. The Morgan fingerprint density at radius 3 is 2.72 bits per heavy atom. The third-order valence-corrected chi connectivity index (χ3v) is 5.14. The first kappa shape index (κ1) is 14.0. The maximum Gasteiger partial charge on any atom is 0.0934 e. The highest BCUT2D eigenvalue weighted by Crippen LogP contribution is 2.43. The van der Waals surface area contributed by atoms with Crippen LogP contribution in [0.15, 0.2) is 23.0 Å². The van der Waals surface area contributed by atoms with Crippen LogP contribution in [0.2, 0.25) is 0 Å². The van der Waals surface area contributed by atoms with Gasteiger partial charge in [-0.25, -0.2) is 0 Å². The summed E-state index contributed by atoms with van der Waals surface area (Å²) < 4.78 is 5.18. The van der Waals surface area contributed by atoms with Crippen molar-refractivity contribution in [1.82, 2.24) is 0 Å². The summed E-state index contributed by atoms with van der Waals surface area (Å²) in [4.78, 5) is 0. The number of unbranched alkanes of at least 4 members (excludes halogenated alkanes) is 1. The highest BCUT2D eigenvalue weighted by Gasteiger charge is 2.34. The summed E-state index contributed by atoms with van der Waals surface area (Å²) >= 11 is 6.28. The minimum atomic E-state index is 0.328. The van der Waals surface area contributed by atoms with Gasteiger partial charge in [0.1, 0.15) is 0 Å². The number of hydrogen-bond acceptors (Lipinski definition) is 1. The van der Waals surface area contributed by atoms with Crippen LogP contribution in [-0.4, -0.2) is 5.88 Å². The lowest BCUT2D eigenvalue weighted by molar-refractivity contribution is 0.165. The summed E-state index contributed by atoms with van der Waals surface area (Å²) in [6, 6.07) is 2.08. The topological polar surface area (TPSA) is 13.1 Å². The van der Waals surface area contributed by atoms with Crippen molar-refractivity contribution in [3.8, 4) is 0 Å². The Morgan fingerprint density at radius 2 is 2.17 bits per heavy atom. The molecule has 1 aliphatic carbocycles. The van der Waals surface area contributed by atoms with E-state index in [4.69, 9.17) is 16.0 Å². The fourth-order valence-corrected chi connectivity index (χ4v) is 3.62. The molecule has 0 aromatic carbocycles. The highest BCUT2D eigenvalue weighted by atomic mass is 35.5. The molecule has 0 spiro atoms. The minimum absolute atomic E-state index is 0.328. The zero-order chi connectivity index (χ0) is 12.8. The summed E-state index contributed by atoms with van der Waals surface area (Å²) in [6.07, 6.45) is 14.2. The van der Waals surface area contributed by atoms with E-state index in [1.807, 2.05) is 6.26 Å². The molecule has 2 rings (SSSR count). The van der Waals surface area contributed by atoms with Gasteiger partial charge < -0.3 is 4.42 Å². The van der Waals surface area contributed by atoms with Crippen LogP contribution in [0.25, 0.3) is 0 Å². The Labute approximate surface area is 116 Å². The zero-order valence-corrected chi connectivity index (χ0v) is 12.2. The van der Waals surface area contributed by atoms with Crippen LogP contribution in [0.3, 0.4) is 0 Å². The van der Waals surface area contributed by atoms with Crippen molar-refractivity contribution in [2.24, 2.45) is 11.3 Å². The van der Waals surface area contributed by atoms with E-state index in [0.29, 0.717) is 5.41 Å². The smallest absolute Gasteiger partial charge is 0.0934 e. The molecule has 1 heterocycles. The molecule has 2 heteroatoms. The number of halogens is 1. The van der Waals surface area contributed by atoms with Crippen molar-refractivity contribution in [1.29, 1.82) is 0 Å². The lowest BCUT2D eigenvalue weighted by Crippen LogP contribution is -2.31. The first-order valence-electron chi connectivity index (χ1n) is 7.35. The van der Waals surface area contributed by atoms with E-state index in [-0.39, 0.29) is 0 Å². The molecule has 0 N–H and O–H groups in total. The molecule has 0 unspecified atom stereocenters. The Morgan fingerprint density at radius 1 is 1.39 bits per heavy atom. The van der Waals surface area contributed by atoms with E-state index >= 15 is 0 Å². The van der Waals surface area contributed by atoms with Gasteiger partial charge in [0, 0.05) is 5.88 Å². The van der Waals surface area contributed by atoms with Gasteiger partial charge in [-0.15, -0.1) is 11.6 Å². The summed E-state index contributed by atoms with van der Waals surface area (Å²) in [7, 11) is 0. The van der Waals surface area contributed by atoms with Crippen LogP contribution >= 0.6 is 11.6 Å². The number of furan rings is 1. The Balaban J connectivity index is 1.87. The summed E-state index contributed by atoms with van der Waals surface area (Å²) in [5.41, 5.74) is 1.64. The summed E-state index contributed by atoms with van der Waals surface area (Å²) in [6.45, 7) is 2.28. The van der Waals surface area contributed by atoms with Gasteiger partial charge in [-0.05, 0) is 55.1 Å². The predicted molar refractivity (Wildman–Crippen MR) is 77.0 cm³/mol. The maximum atomic E-state index is 6.28. The summed E-state index contributed by atoms with van der Waals surface area (Å²) in [5, 5.41) is 0. The minimum Gasteiger partial charge on any atom is -0.472 e. The number of hydrogen-bond donors (Lipinski definition) is 0. The normalized spacial score (nSPS) is 28.4. The van der Waals surface area contributed by atoms with Gasteiger partial charge in [0.05, 0.1) is 12.5 Å². The van der Waals surface area contributed by atoms with E-state index in [9.17, 15) is 0 Å². The van der Waals surface area contributed by atoms with Crippen molar-refractivity contribution in [2.45, 2.75) is 58.3 Å². The van der Waals surface area contributed by atoms with Crippen LogP contribution in [0.1, 0.15) is 57.4 Å². The molecule has 0 bridgehead atoms. The van der Waals surface area contributed by atoms with Crippen LogP contribution < -0.4 is 0 Å². The predicted octanol–water partition coefficient (Wildman–Crippen LogP) is 5.43. The van der Waals surface area contributed by atoms with E-state index in [1.54, 1.807) is 6.26 Å². The van der Waals surface area contributed by atoms with Gasteiger partial charge in [-0.1, -0.05) is 26.2 Å². The molecule has 1 nitrogen and oxygen atoms in total. The second-order valence-corrected chi connectivity index (χ2v) is 6.29. The second-order valence-electron chi connectivity index (χ2n) is 6.03. The van der Waals surface area contributed by atoms with E-state index in [0.717, 1.165) is 18.2 Å². The van der Waals surface area contributed by atoms with Crippen LogP contribution in [-0.2, 0) is 6.42 Å². The number of alkyl halides is 1. The van der Waals surface area contributed by atoms with Crippen molar-refractivity contribution >= 4 is 11.6 Å². The van der Waals surface area contributed by atoms with E-state index in [1.165, 1.54) is 50.5 Å². The summed E-state index contributed by atoms with van der Waals surface area (Å²) in [5.74, 6) is 1.74. The fourth-order valence-electron chi connectivity index (χ4n) is 3.26. The molecule has 0 aliphatic heterocycles. The molecule has 1 aromatic heterocycles. The molecule has 1 fully saturated rings. The molecule has 102 valence electrons. The van der Waals surface area contributed by atoms with Crippen molar-refractivity contribution in [2.75, 3.05) is 5.88 Å². The average molecular weight is 269 g/mol. The molecular weight excluding hydrogens is 244 g/mol. The van der Waals surface area contributed by atoms with Gasteiger partial charge in [0.15, 0.2) is 0 Å². The average Bonchev–Trinajstić information content (AvgIpc) is 2.91. The third kappa shape index (κ3) is 3.54. The van der Waals surface area contributed by atoms with Gasteiger partial charge in [-0.3, -0.25) is 0 Å². The van der Waals surface area contributed by atoms with Crippen molar-refractivity contribution < 1.29 is 4.42 Å². The van der Waals surface area contributed by atoms with Gasteiger partial charge >= 0.3 is 0 Å². The monoisotopic (exact) mass is 268 g/mol. The van der Waals surface area contributed by atoms with Crippen molar-refractivity contribution in [3.05, 3.63) is 24.2 Å². The molecule has 18 heavy (non-hydrogen) atoms. The molecule has 1 aromatic rings. The molecule has 0 radical (unpaired) electrons. The molecule has 1 saturated carbocycles. The lowest BCUT2D eigenvalue weighted by Gasteiger charge is -2.39. The first-order chi connectivity index (χ1) is 8.78. The molecule has 0 saturated heterocycles. The SMILES string of the molecule is CCCCC1CCC(CCl)(Cc2ccoc2)CC1. The van der Waals surface area contributed by atoms with Crippen molar-refractivity contribution in [3.63, 3.8) is 0 Å². The van der Waals surface area contributed by atoms with Gasteiger partial charge in [-0.2, -0.15) is 0 Å². The van der Waals surface area contributed by atoms with Gasteiger partial charge in [0.25, 0.3) is 0 Å². The maximum absolute atomic E-state index is 6.28. The Kier molecular flexibility index (Phi) is 5.17. The molecule has 0 atom stereocenters. The second kappa shape index (κ2) is 6.65. The van der Waals surface area contributed by atoms with Gasteiger partial charge in [0.2, 0.25) is 0 Å². The molecule has 1 aliphatic rings. The highest BCUT2D eigenvalue weighted by molar-refractivity contribution is 6.18. The Bertz CT molecular complexity index is 323. The largest absolute Gasteiger partial charge is 0.472 e. The standard InChI is InChI=1S/C16H25ClO/c1-2-3-4-14-5-8-16(13-17,9-6-14)11-15-7-10-18-12-15/h7,10,12,14H,2-6,8-9,11,13H2,1H3. The molecular formula is C16H25ClO. The zero-order valence-electron chi connectivity index (χ0n) is 11.5. The third-order valence-electron chi connectivity index (χ3n) is 4.57. The van der Waals surface area contributed by atoms with E-state index < -0.39 is 0 Å². The Hall–Kier alpha value is -0.430. The first-order valence-corrected chi connectivity index (χ1v) is 7.88.